The molecule has 0 saturated carbocycles. The van der Waals surface area contributed by atoms with Crippen LogP contribution in [0, 0.1) is 5.92 Å². The molecule has 0 aliphatic rings. The van der Waals surface area contributed by atoms with Gasteiger partial charge in [0.15, 0.2) is 0 Å². The number of hydrogen-bond donors (Lipinski definition) is 2. The molecule has 0 spiro atoms. The van der Waals surface area contributed by atoms with E-state index in [1.54, 1.807) is 0 Å². The Morgan fingerprint density at radius 3 is 2.36 bits per heavy atom. The van der Waals surface area contributed by atoms with Gasteiger partial charge in [0.1, 0.15) is 0 Å². The number of hydrogen-bond acceptors (Lipinski definition) is 2. The largest absolute Gasteiger partial charge is 0.317 e. The van der Waals surface area contributed by atoms with Crippen LogP contribution in [0.5, 0.6) is 0 Å². The van der Waals surface area contributed by atoms with Crippen LogP contribution in [0.2, 0.25) is 0 Å². The Kier molecular flexibility index (Phi) is 10.5. The molecule has 0 bridgehead atoms. The fraction of sp³-hybridized carbons (Fsp3) is 0.833. The van der Waals surface area contributed by atoms with Gasteiger partial charge in [-0.15, -0.1) is 6.58 Å². The molecule has 0 unspecified atom stereocenters. The molecule has 0 fully saturated rings. The van der Waals surface area contributed by atoms with Crippen molar-refractivity contribution >= 4 is 0 Å². The zero-order valence-electron chi connectivity index (χ0n) is 9.81. The van der Waals surface area contributed by atoms with Crippen LogP contribution in [0.4, 0.5) is 0 Å². The minimum atomic E-state index is 0.760. The van der Waals surface area contributed by atoms with Gasteiger partial charge in [0, 0.05) is 0 Å². The molecule has 0 rings (SSSR count). The third-order valence-corrected chi connectivity index (χ3v) is 2.02. The Morgan fingerprint density at radius 1 is 1.07 bits per heavy atom. The molecule has 0 amide bonds. The fourth-order valence-corrected chi connectivity index (χ4v) is 1.23. The minimum Gasteiger partial charge on any atom is -0.317 e. The molecule has 2 N–H and O–H groups in total. The highest BCUT2D eigenvalue weighted by molar-refractivity contribution is 4.66. The summed E-state index contributed by atoms with van der Waals surface area (Å²) in [5.74, 6) is 0.760. The summed E-state index contributed by atoms with van der Waals surface area (Å²) < 4.78 is 0. The maximum absolute atomic E-state index is 3.70. The summed E-state index contributed by atoms with van der Waals surface area (Å²) in [6.45, 7) is 12.7. The van der Waals surface area contributed by atoms with Crippen LogP contribution < -0.4 is 10.6 Å². The van der Waals surface area contributed by atoms with E-state index in [2.05, 4.69) is 31.1 Å². The number of allylic oxidation sites excluding steroid dienone is 1. The molecule has 0 atom stereocenters. The van der Waals surface area contributed by atoms with Gasteiger partial charge < -0.3 is 10.6 Å². The van der Waals surface area contributed by atoms with Crippen LogP contribution in [0.15, 0.2) is 12.7 Å². The van der Waals surface area contributed by atoms with E-state index in [-0.39, 0.29) is 0 Å². The van der Waals surface area contributed by atoms with E-state index in [9.17, 15) is 0 Å². The SMILES string of the molecule is C=CCCCNCCCNCC(C)C. The molecule has 0 aromatic heterocycles. The van der Waals surface area contributed by atoms with E-state index >= 15 is 0 Å². The van der Waals surface area contributed by atoms with Gasteiger partial charge in [-0.05, 0) is 51.4 Å². The molecule has 0 aromatic rings. The monoisotopic (exact) mass is 198 g/mol. The maximum atomic E-state index is 3.70. The second kappa shape index (κ2) is 10.7. The maximum Gasteiger partial charge on any atom is -0.00258 e. The van der Waals surface area contributed by atoms with E-state index in [0.29, 0.717) is 0 Å². The first-order chi connectivity index (χ1) is 6.77. The summed E-state index contributed by atoms with van der Waals surface area (Å²) in [6, 6.07) is 0. The molecule has 0 aliphatic carbocycles. The predicted molar refractivity (Wildman–Crippen MR) is 64.6 cm³/mol. The number of rotatable bonds is 10. The first kappa shape index (κ1) is 13.7. The van der Waals surface area contributed by atoms with Gasteiger partial charge in [-0.3, -0.25) is 0 Å². The predicted octanol–water partition coefficient (Wildman–Crippen LogP) is 2.18. The Bertz CT molecular complexity index is 121. The zero-order chi connectivity index (χ0) is 10.6. The molecule has 2 nitrogen and oxygen atoms in total. The summed E-state index contributed by atoms with van der Waals surface area (Å²) in [4.78, 5) is 0. The Labute approximate surface area is 89.2 Å². The van der Waals surface area contributed by atoms with Crippen molar-refractivity contribution in [2.24, 2.45) is 5.92 Å². The van der Waals surface area contributed by atoms with Gasteiger partial charge in [0.2, 0.25) is 0 Å². The molecule has 0 radical (unpaired) electrons. The lowest BCUT2D eigenvalue weighted by atomic mass is 10.2. The molecule has 0 saturated heterocycles. The number of unbranched alkanes of at least 4 members (excludes halogenated alkanes) is 1. The molecule has 14 heavy (non-hydrogen) atoms. The first-order valence-corrected chi connectivity index (χ1v) is 5.79. The van der Waals surface area contributed by atoms with E-state index in [1.165, 1.54) is 12.8 Å². The van der Waals surface area contributed by atoms with E-state index in [1.807, 2.05) is 6.08 Å². The van der Waals surface area contributed by atoms with Gasteiger partial charge in [-0.25, -0.2) is 0 Å². The highest BCUT2D eigenvalue weighted by Gasteiger charge is 1.92. The van der Waals surface area contributed by atoms with E-state index in [0.717, 1.165) is 38.5 Å². The van der Waals surface area contributed by atoms with Crippen LogP contribution >= 0.6 is 0 Å². The normalized spacial score (nSPS) is 10.8. The lowest BCUT2D eigenvalue weighted by Gasteiger charge is -2.07. The standard InChI is InChI=1S/C12H26N2/c1-4-5-6-8-13-9-7-10-14-11-12(2)3/h4,12-14H,1,5-11H2,2-3H3. The highest BCUT2D eigenvalue weighted by Crippen LogP contribution is 1.88. The van der Waals surface area contributed by atoms with Crippen molar-refractivity contribution in [3.8, 4) is 0 Å². The first-order valence-electron chi connectivity index (χ1n) is 5.79. The second-order valence-electron chi connectivity index (χ2n) is 4.13. The van der Waals surface area contributed by atoms with Crippen molar-refractivity contribution < 1.29 is 0 Å². The molecule has 0 aromatic carbocycles. The van der Waals surface area contributed by atoms with Gasteiger partial charge in [0.25, 0.3) is 0 Å². The summed E-state index contributed by atoms with van der Waals surface area (Å²) >= 11 is 0. The minimum absolute atomic E-state index is 0.760. The summed E-state index contributed by atoms with van der Waals surface area (Å²) in [7, 11) is 0. The van der Waals surface area contributed by atoms with E-state index < -0.39 is 0 Å². The molecule has 0 aliphatic heterocycles. The lowest BCUT2D eigenvalue weighted by molar-refractivity contribution is 0.528. The zero-order valence-corrected chi connectivity index (χ0v) is 9.81. The van der Waals surface area contributed by atoms with E-state index in [4.69, 9.17) is 0 Å². The quantitative estimate of drug-likeness (QED) is 0.415. The molecule has 84 valence electrons. The highest BCUT2D eigenvalue weighted by atomic mass is 14.9. The second-order valence-corrected chi connectivity index (χ2v) is 4.13. The van der Waals surface area contributed by atoms with Gasteiger partial charge in [0.05, 0.1) is 0 Å². The van der Waals surface area contributed by atoms with Crippen molar-refractivity contribution in [3.05, 3.63) is 12.7 Å². The van der Waals surface area contributed by atoms with Crippen molar-refractivity contribution in [3.63, 3.8) is 0 Å². The Balaban J connectivity index is 2.88. The van der Waals surface area contributed by atoms with Crippen molar-refractivity contribution in [2.45, 2.75) is 33.1 Å². The fourth-order valence-electron chi connectivity index (χ4n) is 1.23. The average Bonchev–Trinajstić information content (AvgIpc) is 2.15. The van der Waals surface area contributed by atoms with Crippen LogP contribution in [0.1, 0.15) is 33.1 Å². The van der Waals surface area contributed by atoms with Gasteiger partial charge in [-0.2, -0.15) is 0 Å². The summed E-state index contributed by atoms with van der Waals surface area (Å²) in [6.07, 6.45) is 5.54. The summed E-state index contributed by atoms with van der Waals surface area (Å²) in [5, 5.41) is 6.85. The molecular formula is C12H26N2. The van der Waals surface area contributed by atoms with Crippen LogP contribution in [-0.2, 0) is 0 Å². The molecule has 2 heteroatoms. The Morgan fingerprint density at radius 2 is 1.71 bits per heavy atom. The van der Waals surface area contributed by atoms with Crippen LogP contribution in [-0.4, -0.2) is 26.2 Å². The number of nitrogens with one attached hydrogen (secondary N) is 2. The Hall–Kier alpha value is -0.340. The van der Waals surface area contributed by atoms with Crippen molar-refractivity contribution in [2.75, 3.05) is 26.2 Å². The van der Waals surface area contributed by atoms with Crippen molar-refractivity contribution in [1.82, 2.24) is 10.6 Å². The third-order valence-electron chi connectivity index (χ3n) is 2.02. The van der Waals surface area contributed by atoms with Gasteiger partial charge >= 0.3 is 0 Å². The molecule has 0 heterocycles. The summed E-state index contributed by atoms with van der Waals surface area (Å²) in [5.41, 5.74) is 0. The third kappa shape index (κ3) is 11.7. The topological polar surface area (TPSA) is 24.1 Å². The molecular weight excluding hydrogens is 172 g/mol. The van der Waals surface area contributed by atoms with Crippen molar-refractivity contribution in [1.29, 1.82) is 0 Å². The average molecular weight is 198 g/mol. The van der Waals surface area contributed by atoms with Crippen LogP contribution in [0.25, 0.3) is 0 Å². The smallest absolute Gasteiger partial charge is 0.00258 e. The van der Waals surface area contributed by atoms with Crippen LogP contribution in [0.3, 0.4) is 0 Å². The lowest BCUT2D eigenvalue weighted by Crippen LogP contribution is -2.25. The van der Waals surface area contributed by atoms with Gasteiger partial charge in [-0.1, -0.05) is 19.9 Å².